The summed E-state index contributed by atoms with van der Waals surface area (Å²) in [4.78, 5) is 23.8. The number of carbonyl (C=O) groups is 2. The van der Waals surface area contributed by atoms with Crippen LogP contribution in [0.2, 0.25) is 0 Å². The number of aldehydes is 1. The second-order valence-electron chi connectivity index (χ2n) is 4.74. The van der Waals surface area contributed by atoms with Gasteiger partial charge < -0.3 is 0 Å². The van der Waals surface area contributed by atoms with Gasteiger partial charge in [0.15, 0.2) is 6.29 Å². The number of hydrogen-bond donors (Lipinski definition) is 0. The van der Waals surface area contributed by atoms with Gasteiger partial charge in [-0.25, -0.2) is 0 Å². The summed E-state index contributed by atoms with van der Waals surface area (Å²) in [7, 11) is 0. The van der Waals surface area contributed by atoms with Crippen LogP contribution in [0.3, 0.4) is 0 Å². The molecule has 0 amide bonds. The molecule has 0 bridgehead atoms. The first-order valence-electron chi connectivity index (χ1n) is 6.56. The molecule has 0 atom stereocenters. The van der Waals surface area contributed by atoms with Crippen molar-refractivity contribution in [3.05, 3.63) is 78.5 Å². The van der Waals surface area contributed by atoms with E-state index in [0.717, 1.165) is 17.2 Å². The smallest absolute Gasteiger partial charge is 0.262 e. The maximum atomic E-state index is 12.6. The lowest BCUT2D eigenvalue weighted by atomic mass is 10.1. The Labute approximate surface area is 122 Å². The van der Waals surface area contributed by atoms with Gasteiger partial charge in [-0.15, -0.1) is 0 Å². The van der Waals surface area contributed by atoms with E-state index in [1.807, 2.05) is 54.6 Å². The molecule has 0 saturated heterocycles. The Hall–Kier alpha value is -2.94. The fourth-order valence-corrected chi connectivity index (χ4v) is 2.38. The molecule has 0 spiro atoms. The first-order chi connectivity index (χ1) is 10.2. The zero-order valence-electron chi connectivity index (χ0n) is 11.3. The van der Waals surface area contributed by atoms with Crippen LogP contribution in [-0.2, 0) is 0 Å². The van der Waals surface area contributed by atoms with Gasteiger partial charge in [-0.3, -0.25) is 14.2 Å². The summed E-state index contributed by atoms with van der Waals surface area (Å²) in [5.41, 5.74) is 2.38. The molecule has 0 radical (unpaired) electrons. The minimum Gasteiger partial charge on any atom is -0.298 e. The van der Waals surface area contributed by atoms with E-state index in [1.54, 1.807) is 6.20 Å². The second kappa shape index (κ2) is 5.21. The molecule has 0 aliphatic carbocycles. The molecule has 1 heterocycles. The Morgan fingerprint density at radius 3 is 2.38 bits per heavy atom. The summed E-state index contributed by atoms with van der Waals surface area (Å²) in [6.07, 6.45) is 2.32. The summed E-state index contributed by atoms with van der Waals surface area (Å²) in [5.74, 6) is -0.231. The van der Waals surface area contributed by atoms with Crippen molar-refractivity contribution in [1.82, 2.24) is 4.57 Å². The summed E-state index contributed by atoms with van der Waals surface area (Å²) in [5, 5.41) is 0.765. The van der Waals surface area contributed by atoms with Crippen LogP contribution in [0.4, 0.5) is 0 Å². The average molecular weight is 275 g/mol. The lowest BCUT2D eigenvalue weighted by Crippen LogP contribution is -2.10. The van der Waals surface area contributed by atoms with Crippen molar-refractivity contribution in [3.63, 3.8) is 0 Å². The van der Waals surface area contributed by atoms with Crippen LogP contribution >= 0.6 is 0 Å². The third kappa shape index (κ3) is 2.19. The van der Waals surface area contributed by atoms with Crippen LogP contribution in [0.1, 0.15) is 20.7 Å². The van der Waals surface area contributed by atoms with E-state index in [2.05, 4.69) is 6.58 Å². The highest BCUT2D eigenvalue weighted by molar-refractivity contribution is 6.22. The topological polar surface area (TPSA) is 39.1 Å². The summed E-state index contributed by atoms with van der Waals surface area (Å²) < 4.78 is 1.48. The predicted octanol–water partition coefficient (Wildman–Crippen LogP) is 3.81. The van der Waals surface area contributed by atoms with Crippen LogP contribution in [-0.4, -0.2) is 16.8 Å². The lowest BCUT2D eigenvalue weighted by molar-refractivity contribution is 0.0985. The third-order valence-corrected chi connectivity index (χ3v) is 3.47. The van der Waals surface area contributed by atoms with Crippen molar-refractivity contribution in [2.45, 2.75) is 0 Å². The molecule has 3 aromatic rings. The average Bonchev–Trinajstić information content (AvgIpc) is 2.93. The van der Waals surface area contributed by atoms with Gasteiger partial charge in [0, 0.05) is 22.7 Å². The lowest BCUT2D eigenvalue weighted by Gasteiger charge is -2.07. The molecule has 3 rings (SSSR count). The molecule has 0 saturated carbocycles. The Morgan fingerprint density at radius 2 is 1.67 bits per heavy atom. The standard InChI is InChI=1S/C18H13NO2/c1-13(14-7-3-2-4-8-14)18(21)19-11-15(12-20)16-9-5-6-10-17(16)19/h2-12H,1H2. The molecule has 21 heavy (non-hydrogen) atoms. The molecule has 1 aromatic heterocycles. The highest BCUT2D eigenvalue weighted by Gasteiger charge is 2.16. The number of aromatic nitrogens is 1. The summed E-state index contributed by atoms with van der Waals surface area (Å²) in [6, 6.07) is 16.6. The third-order valence-electron chi connectivity index (χ3n) is 3.47. The SMILES string of the molecule is C=C(C(=O)n1cc(C=O)c2ccccc21)c1ccccc1. The number of carbonyl (C=O) groups excluding carboxylic acids is 2. The predicted molar refractivity (Wildman–Crippen MR) is 83.4 cm³/mol. The number of benzene rings is 2. The van der Waals surface area contributed by atoms with Crippen LogP contribution < -0.4 is 0 Å². The molecule has 3 nitrogen and oxygen atoms in total. The molecule has 2 aromatic carbocycles. The van der Waals surface area contributed by atoms with E-state index in [4.69, 9.17) is 0 Å². The molecule has 3 heteroatoms. The van der Waals surface area contributed by atoms with Gasteiger partial charge in [0.05, 0.1) is 5.52 Å². The highest BCUT2D eigenvalue weighted by atomic mass is 16.2. The van der Waals surface area contributed by atoms with E-state index in [1.165, 1.54) is 4.57 Å². The van der Waals surface area contributed by atoms with E-state index in [0.29, 0.717) is 16.7 Å². The Balaban J connectivity index is 2.10. The minimum atomic E-state index is -0.231. The van der Waals surface area contributed by atoms with Crippen molar-refractivity contribution in [2.24, 2.45) is 0 Å². The van der Waals surface area contributed by atoms with Gasteiger partial charge >= 0.3 is 0 Å². The number of fused-ring (bicyclic) bond motifs is 1. The van der Waals surface area contributed by atoms with Crippen LogP contribution in [0.15, 0.2) is 67.4 Å². The fraction of sp³-hybridized carbons (Fsp3) is 0. The van der Waals surface area contributed by atoms with E-state index < -0.39 is 0 Å². The van der Waals surface area contributed by atoms with Crippen molar-refractivity contribution in [3.8, 4) is 0 Å². The van der Waals surface area contributed by atoms with Crippen molar-refractivity contribution in [1.29, 1.82) is 0 Å². The first-order valence-corrected chi connectivity index (χ1v) is 6.56. The zero-order chi connectivity index (χ0) is 14.8. The van der Waals surface area contributed by atoms with E-state index in [-0.39, 0.29) is 5.91 Å². The van der Waals surface area contributed by atoms with Crippen LogP contribution in [0, 0.1) is 0 Å². The first kappa shape index (κ1) is 13.1. The van der Waals surface area contributed by atoms with Gasteiger partial charge in [-0.2, -0.15) is 0 Å². The van der Waals surface area contributed by atoms with Crippen molar-refractivity contribution >= 4 is 28.7 Å². The number of allylic oxidation sites excluding steroid dienone is 1. The van der Waals surface area contributed by atoms with Gasteiger partial charge in [0.25, 0.3) is 5.91 Å². The minimum absolute atomic E-state index is 0.231. The molecular formula is C18H13NO2. The Morgan fingerprint density at radius 1 is 1.00 bits per heavy atom. The van der Waals surface area contributed by atoms with E-state index in [9.17, 15) is 9.59 Å². The van der Waals surface area contributed by atoms with Crippen molar-refractivity contribution < 1.29 is 9.59 Å². The summed E-state index contributed by atoms with van der Waals surface area (Å²) >= 11 is 0. The number of para-hydroxylation sites is 1. The largest absolute Gasteiger partial charge is 0.298 e. The second-order valence-corrected chi connectivity index (χ2v) is 4.74. The molecule has 102 valence electrons. The molecule has 0 aliphatic heterocycles. The molecule has 0 N–H and O–H groups in total. The van der Waals surface area contributed by atoms with Gasteiger partial charge in [-0.05, 0) is 11.6 Å². The Kier molecular flexibility index (Phi) is 3.24. The van der Waals surface area contributed by atoms with Crippen molar-refractivity contribution in [2.75, 3.05) is 0 Å². The van der Waals surface area contributed by atoms with Gasteiger partial charge in [0.2, 0.25) is 0 Å². The van der Waals surface area contributed by atoms with Gasteiger partial charge in [0.1, 0.15) is 0 Å². The highest BCUT2D eigenvalue weighted by Crippen LogP contribution is 2.23. The van der Waals surface area contributed by atoms with Crippen LogP contribution in [0.5, 0.6) is 0 Å². The van der Waals surface area contributed by atoms with E-state index >= 15 is 0 Å². The molecule has 0 unspecified atom stereocenters. The fourth-order valence-electron chi connectivity index (χ4n) is 2.38. The maximum absolute atomic E-state index is 12.6. The number of rotatable bonds is 3. The maximum Gasteiger partial charge on any atom is 0.262 e. The molecular weight excluding hydrogens is 262 g/mol. The van der Waals surface area contributed by atoms with Gasteiger partial charge in [-0.1, -0.05) is 55.1 Å². The quantitative estimate of drug-likeness (QED) is 0.538. The zero-order valence-corrected chi connectivity index (χ0v) is 11.3. The number of nitrogens with zero attached hydrogens (tertiary/aromatic N) is 1. The van der Waals surface area contributed by atoms with Crippen LogP contribution in [0.25, 0.3) is 16.5 Å². The molecule has 0 aliphatic rings. The monoisotopic (exact) mass is 275 g/mol. The normalized spacial score (nSPS) is 10.5. The summed E-state index contributed by atoms with van der Waals surface area (Å²) in [6.45, 7) is 3.88. The molecule has 0 fully saturated rings. The number of hydrogen-bond acceptors (Lipinski definition) is 2. The Bertz CT molecular complexity index is 844.